The Labute approximate surface area is 156 Å². The summed E-state index contributed by atoms with van der Waals surface area (Å²) in [6.07, 6.45) is 3.67. The van der Waals surface area contributed by atoms with Crippen LogP contribution in [0.15, 0.2) is 18.2 Å². The normalized spacial score (nSPS) is 16.5. The second-order valence-corrected chi connectivity index (χ2v) is 6.78. The minimum atomic E-state index is -1.13. The van der Waals surface area contributed by atoms with Gasteiger partial charge in [0.1, 0.15) is 5.82 Å². The number of carboxylic acids is 1. The van der Waals surface area contributed by atoms with Crippen LogP contribution in [0.4, 0.5) is 4.39 Å². The molecule has 26 heavy (non-hydrogen) atoms. The minimum absolute atomic E-state index is 0.0767. The Morgan fingerprint density at radius 3 is 2.69 bits per heavy atom. The molecule has 1 aliphatic rings. The van der Waals surface area contributed by atoms with E-state index in [0.29, 0.717) is 18.5 Å². The Morgan fingerprint density at radius 1 is 1.27 bits per heavy atom. The number of carboxylic acid groups (broad SMARTS) is 1. The zero-order valence-electron chi connectivity index (χ0n) is 14.3. The lowest BCUT2D eigenvalue weighted by Gasteiger charge is -2.25. The van der Waals surface area contributed by atoms with Gasteiger partial charge in [-0.1, -0.05) is 30.5 Å². The van der Waals surface area contributed by atoms with Crippen LogP contribution in [0, 0.1) is 5.82 Å². The van der Waals surface area contributed by atoms with Gasteiger partial charge in [0, 0.05) is 13.0 Å². The summed E-state index contributed by atoms with van der Waals surface area (Å²) in [5.74, 6) is -2.37. The Hall–Kier alpha value is -2.15. The Bertz CT molecular complexity index is 683. The summed E-state index contributed by atoms with van der Waals surface area (Å²) in [5.41, 5.74) is 0.307. The fourth-order valence-electron chi connectivity index (χ4n) is 2.95. The van der Waals surface area contributed by atoms with Gasteiger partial charge in [0.25, 0.3) is 0 Å². The molecule has 1 aromatic rings. The predicted molar refractivity (Wildman–Crippen MR) is 94.2 cm³/mol. The summed E-state index contributed by atoms with van der Waals surface area (Å²) >= 11 is 5.65. The third-order valence-corrected chi connectivity index (χ3v) is 4.62. The monoisotopic (exact) mass is 384 g/mol. The van der Waals surface area contributed by atoms with Crippen molar-refractivity contribution < 1.29 is 23.9 Å². The van der Waals surface area contributed by atoms with Crippen molar-refractivity contribution in [2.75, 3.05) is 13.1 Å². The fourth-order valence-corrected chi connectivity index (χ4v) is 3.07. The first kappa shape index (κ1) is 20.2. The van der Waals surface area contributed by atoms with Crippen LogP contribution in [-0.4, -0.2) is 40.9 Å². The molecule has 0 radical (unpaired) electrons. The minimum Gasteiger partial charge on any atom is -0.481 e. The number of carbonyl (C=O) groups is 3. The number of rotatable bonds is 6. The number of halogens is 2. The molecule has 1 fully saturated rings. The van der Waals surface area contributed by atoms with Crippen molar-refractivity contribution in [3.63, 3.8) is 0 Å². The van der Waals surface area contributed by atoms with Crippen molar-refractivity contribution in [3.05, 3.63) is 34.6 Å². The molecule has 0 bridgehead atoms. The summed E-state index contributed by atoms with van der Waals surface area (Å²) in [6.45, 7) is 0.371. The first-order chi connectivity index (χ1) is 12.4. The van der Waals surface area contributed by atoms with Gasteiger partial charge in [0.15, 0.2) is 0 Å². The smallest absolute Gasteiger partial charge is 0.305 e. The van der Waals surface area contributed by atoms with Crippen LogP contribution in [0.2, 0.25) is 5.02 Å². The number of likely N-dealkylation sites (tertiary alicyclic amines) is 1. The maximum Gasteiger partial charge on any atom is 0.305 e. The highest BCUT2D eigenvalue weighted by Crippen LogP contribution is 2.22. The van der Waals surface area contributed by atoms with Gasteiger partial charge in [-0.15, -0.1) is 0 Å². The molecule has 0 aliphatic carbocycles. The molecule has 0 saturated carbocycles. The first-order valence-electron chi connectivity index (χ1n) is 8.60. The average Bonchev–Trinajstić information content (AvgIpc) is 2.56. The van der Waals surface area contributed by atoms with Crippen molar-refractivity contribution in [1.29, 1.82) is 0 Å². The number of hydrogen-bond acceptors (Lipinski definition) is 3. The fraction of sp³-hybridized carbons (Fsp3) is 0.500. The molecule has 0 aromatic heterocycles. The summed E-state index contributed by atoms with van der Waals surface area (Å²) in [7, 11) is 0. The van der Waals surface area contributed by atoms with E-state index in [4.69, 9.17) is 16.7 Å². The third-order valence-electron chi connectivity index (χ3n) is 4.32. The molecule has 1 unspecified atom stereocenters. The largest absolute Gasteiger partial charge is 0.481 e. The molecule has 2 amide bonds. The second kappa shape index (κ2) is 9.52. The van der Waals surface area contributed by atoms with E-state index in [2.05, 4.69) is 5.32 Å². The molecule has 2 N–H and O–H groups in total. The topological polar surface area (TPSA) is 86.7 Å². The molecule has 8 heteroatoms. The molecule has 1 atom stereocenters. The summed E-state index contributed by atoms with van der Waals surface area (Å²) in [4.78, 5) is 37.1. The molecular formula is C18H22ClFN2O4. The van der Waals surface area contributed by atoms with Crippen LogP contribution in [0.3, 0.4) is 0 Å². The highest BCUT2D eigenvalue weighted by Gasteiger charge is 2.23. The van der Waals surface area contributed by atoms with Gasteiger partial charge in [0.2, 0.25) is 11.8 Å². The zero-order chi connectivity index (χ0) is 19.1. The quantitative estimate of drug-likeness (QED) is 0.789. The van der Waals surface area contributed by atoms with Gasteiger partial charge in [0.05, 0.1) is 24.0 Å². The number of nitrogens with zero attached hydrogens (tertiary/aromatic N) is 1. The molecule has 142 valence electrons. The lowest BCUT2D eigenvalue weighted by Crippen LogP contribution is -2.43. The van der Waals surface area contributed by atoms with E-state index in [1.165, 1.54) is 17.0 Å². The van der Waals surface area contributed by atoms with Gasteiger partial charge in [-0.05, 0) is 30.5 Å². The van der Waals surface area contributed by atoms with Gasteiger partial charge >= 0.3 is 5.97 Å². The molecule has 1 aliphatic heterocycles. The van der Waals surface area contributed by atoms with E-state index < -0.39 is 30.2 Å². The maximum absolute atomic E-state index is 13.7. The Kier molecular flexibility index (Phi) is 7.38. The van der Waals surface area contributed by atoms with Crippen molar-refractivity contribution in [2.24, 2.45) is 0 Å². The van der Waals surface area contributed by atoms with Gasteiger partial charge in [-0.3, -0.25) is 14.4 Å². The van der Waals surface area contributed by atoms with Gasteiger partial charge < -0.3 is 15.3 Å². The third kappa shape index (κ3) is 5.98. The molecule has 1 saturated heterocycles. The lowest BCUT2D eigenvalue weighted by atomic mass is 10.0. The van der Waals surface area contributed by atoms with E-state index >= 15 is 0 Å². The number of nitrogens with one attached hydrogen (secondary N) is 1. The zero-order valence-corrected chi connectivity index (χ0v) is 15.1. The van der Waals surface area contributed by atoms with Gasteiger partial charge in [-0.2, -0.15) is 0 Å². The van der Waals surface area contributed by atoms with E-state index in [1.807, 2.05) is 0 Å². The maximum atomic E-state index is 13.7. The lowest BCUT2D eigenvalue weighted by molar-refractivity contribution is -0.139. The average molecular weight is 385 g/mol. The first-order valence-corrected chi connectivity index (χ1v) is 8.98. The van der Waals surface area contributed by atoms with E-state index in [0.717, 1.165) is 31.7 Å². The Morgan fingerprint density at radius 2 is 2.00 bits per heavy atom. The summed E-state index contributed by atoms with van der Waals surface area (Å²) in [5, 5.41) is 11.6. The van der Waals surface area contributed by atoms with Crippen molar-refractivity contribution in [3.8, 4) is 0 Å². The van der Waals surface area contributed by atoms with Crippen LogP contribution < -0.4 is 5.32 Å². The summed E-state index contributed by atoms with van der Waals surface area (Å²) in [6, 6.07) is 2.99. The van der Waals surface area contributed by atoms with Crippen LogP contribution >= 0.6 is 11.6 Å². The van der Waals surface area contributed by atoms with Crippen molar-refractivity contribution >= 4 is 29.4 Å². The number of benzene rings is 1. The van der Waals surface area contributed by atoms with Crippen molar-refractivity contribution in [1.82, 2.24) is 10.2 Å². The molecule has 6 nitrogen and oxygen atoms in total. The standard InChI is InChI=1S/C18H22ClFN2O4/c19-13-7-6-12(9-14(13)20)15(10-18(25)26)21-16(23)11-22-8-4-2-1-3-5-17(22)24/h6-7,9,15H,1-5,8,10-11H2,(H,21,23)(H,25,26). The SMILES string of the molecule is O=C(O)CC(NC(=O)CN1CCCCCCC1=O)c1ccc(Cl)c(F)c1. The van der Waals surface area contributed by atoms with Crippen LogP contribution in [0.1, 0.15) is 50.1 Å². The highest BCUT2D eigenvalue weighted by atomic mass is 35.5. The molecule has 1 heterocycles. The highest BCUT2D eigenvalue weighted by molar-refractivity contribution is 6.30. The molecule has 1 aromatic carbocycles. The number of carbonyl (C=O) groups excluding carboxylic acids is 2. The van der Waals surface area contributed by atoms with E-state index in [9.17, 15) is 18.8 Å². The number of hydrogen-bond donors (Lipinski definition) is 2. The van der Waals surface area contributed by atoms with Crippen LogP contribution in [0.25, 0.3) is 0 Å². The Balaban J connectivity index is 2.06. The number of aliphatic carboxylic acids is 1. The van der Waals surface area contributed by atoms with E-state index in [-0.39, 0.29) is 17.5 Å². The predicted octanol–water partition coefficient (Wildman–Crippen LogP) is 2.90. The van der Waals surface area contributed by atoms with E-state index in [1.54, 1.807) is 0 Å². The molecule has 2 rings (SSSR count). The summed E-state index contributed by atoms with van der Waals surface area (Å²) < 4.78 is 13.7. The molecule has 0 spiro atoms. The number of amides is 2. The second-order valence-electron chi connectivity index (χ2n) is 6.37. The van der Waals surface area contributed by atoms with Crippen molar-refractivity contribution in [2.45, 2.75) is 44.6 Å². The van der Waals surface area contributed by atoms with Crippen LogP contribution in [0.5, 0.6) is 0 Å². The van der Waals surface area contributed by atoms with Crippen LogP contribution in [-0.2, 0) is 14.4 Å². The molecular weight excluding hydrogens is 363 g/mol. The van der Waals surface area contributed by atoms with Gasteiger partial charge in [-0.25, -0.2) is 4.39 Å².